The summed E-state index contributed by atoms with van der Waals surface area (Å²) in [6.45, 7) is 2.70. The zero-order chi connectivity index (χ0) is 12.8. The highest BCUT2D eigenvalue weighted by Gasteiger charge is 2.07. The summed E-state index contributed by atoms with van der Waals surface area (Å²) in [5, 5.41) is 14.9. The zero-order valence-corrected chi connectivity index (χ0v) is 10.7. The molecule has 0 spiro atoms. The fourth-order valence-electron chi connectivity index (χ4n) is 1.30. The van der Waals surface area contributed by atoms with Gasteiger partial charge in [-0.1, -0.05) is 17.4 Å². The molecule has 0 saturated carbocycles. The van der Waals surface area contributed by atoms with Crippen LogP contribution in [0.1, 0.15) is 6.92 Å². The highest BCUT2D eigenvalue weighted by molar-refractivity contribution is 7.18. The average Bonchev–Trinajstić information content (AvgIpc) is 2.87. The van der Waals surface area contributed by atoms with Crippen molar-refractivity contribution in [3.63, 3.8) is 0 Å². The second-order valence-electron chi connectivity index (χ2n) is 3.43. The Kier molecular flexibility index (Phi) is 4.19. The normalized spacial score (nSPS) is 10.1. The number of carbonyl (C=O) groups excluding carboxylic acids is 1. The van der Waals surface area contributed by atoms with Crippen molar-refractivity contribution >= 4 is 22.4 Å². The van der Waals surface area contributed by atoms with Crippen LogP contribution in [0, 0.1) is 0 Å². The number of likely N-dealkylation sites (N-methyl/N-ethyl adjacent to an activating group) is 1. The maximum atomic E-state index is 11.3. The van der Waals surface area contributed by atoms with E-state index in [-0.39, 0.29) is 12.5 Å². The van der Waals surface area contributed by atoms with Crippen LogP contribution in [0.3, 0.4) is 0 Å². The van der Waals surface area contributed by atoms with Crippen molar-refractivity contribution in [2.75, 3.05) is 18.4 Å². The lowest BCUT2D eigenvalue weighted by Gasteiger charge is -2.01. The molecular formula is C11H13N5OS. The summed E-state index contributed by atoms with van der Waals surface area (Å²) in [6.07, 6.45) is 1.71. The molecule has 0 fully saturated rings. The minimum absolute atomic E-state index is 0.0629. The predicted molar refractivity (Wildman–Crippen MR) is 70.3 cm³/mol. The largest absolute Gasteiger partial charge is 0.355 e. The van der Waals surface area contributed by atoms with Gasteiger partial charge in [0.15, 0.2) is 5.01 Å². The molecule has 6 nitrogen and oxygen atoms in total. The summed E-state index contributed by atoms with van der Waals surface area (Å²) in [5.74, 6) is -0.0629. The van der Waals surface area contributed by atoms with Crippen LogP contribution in [0.25, 0.3) is 10.7 Å². The fourth-order valence-corrected chi connectivity index (χ4v) is 2.02. The lowest BCUT2D eigenvalue weighted by molar-refractivity contribution is -0.119. The van der Waals surface area contributed by atoms with Gasteiger partial charge < -0.3 is 10.6 Å². The van der Waals surface area contributed by atoms with E-state index in [1.807, 2.05) is 25.1 Å². The Balaban J connectivity index is 1.97. The Hall–Kier alpha value is -2.02. The third kappa shape index (κ3) is 3.24. The SMILES string of the molecule is CCNC(=O)CNc1nnc(-c2ccccn2)s1. The second kappa shape index (κ2) is 6.06. The predicted octanol–water partition coefficient (Wildman–Crippen LogP) is 1.15. The van der Waals surface area contributed by atoms with E-state index in [2.05, 4.69) is 25.8 Å². The Morgan fingerprint density at radius 1 is 1.39 bits per heavy atom. The number of hydrogen-bond acceptors (Lipinski definition) is 6. The molecule has 18 heavy (non-hydrogen) atoms. The molecule has 0 aliphatic carbocycles. The monoisotopic (exact) mass is 263 g/mol. The molecule has 0 atom stereocenters. The van der Waals surface area contributed by atoms with E-state index in [0.717, 1.165) is 10.7 Å². The van der Waals surface area contributed by atoms with Gasteiger partial charge in [0.25, 0.3) is 0 Å². The van der Waals surface area contributed by atoms with Crippen LogP contribution in [0.15, 0.2) is 24.4 Å². The van der Waals surface area contributed by atoms with Crippen LogP contribution in [0.5, 0.6) is 0 Å². The molecule has 0 aliphatic heterocycles. The minimum Gasteiger partial charge on any atom is -0.355 e. The van der Waals surface area contributed by atoms with Crippen molar-refractivity contribution in [2.45, 2.75) is 6.92 Å². The van der Waals surface area contributed by atoms with E-state index in [9.17, 15) is 4.79 Å². The lowest BCUT2D eigenvalue weighted by Crippen LogP contribution is -2.29. The molecule has 0 radical (unpaired) electrons. The average molecular weight is 263 g/mol. The molecule has 0 aliphatic rings. The van der Waals surface area contributed by atoms with Gasteiger partial charge in [-0.15, -0.1) is 10.2 Å². The van der Waals surface area contributed by atoms with Crippen molar-refractivity contribution in [2.24, 2.45) is 0 Å². The topological polar surface area (TPSA) is 79.8 Å². The number of anilines is 1. The standard InChI is InChI=1S/C11H13N5OS/c1-2-12-9(17)7-14-11-16-15-10(18-11)8-5-3-4-6-13-8/h3-6H,2,7H2,1H3,(H,12,17)(H,14,16). The first-order chi connectivity index (χ1) is 8.79. The van der Waals surface area contributed by atoms with Gasteiger partial charge in [0, 0.05) is 12.7 Å². The van der Waals surface area contributed by atoms with Crippen molar-refractivity contribution in [3.8, 4) is 10.7 Å². The smallest absolute Gasteiger partial charge is 0.239 e. The molecule has 0 aromatic carbocycles. The fraction of sp³-hybridized carbons (Fsp3) is 0.273. The maximum Gasteiger partial charge on any atom is 0.239 e. The minimum atomic E-state index is -0.0629. The number of rotatable bonds is 5. The van der Waals surface area contributed by atoms with Gasteiger partial charge in [0.05, 0.1) is 6.54 Å². The van der Waals surface area contributed by atoms with Crippen LogP contribution in [0.4, 0.5) is 5.13 Å². The molecule has 2 rings (SSSR count). The first kappa shape index (κ1) is 12.4. The number of amides is 1. The van der Waals surface area contributed by atoms with Crippen LogP contribution in [-0.4, -0.2) is 34.2 Å². The highest BCUT2D eigenvalue weighted by Crippen LogP contribution is 2.23. The van der Waals surface area contributed by atoms with E-state index >= 15 is 0 Å². The number of nitrogens with one attached hydrogen (secondary N) is 2. The first-order valence-corrected chi connectivity index (χ1v) is 6.36. The van der Waals surface area contributed by atoms with Gasteiger partial charge in [-0.25, -0.2) is 0 Å². The highest BCUT2D eigenvalue weighted by atomic mass is 32.1. The molecule has 2 heterocycles. The van der Waals surface area contributed by atoms with E-state index in [1.165, 1.54) is 11.3 Å². The van der Waals surface area contributed by atoms with Gasteiger partial charge in [-0.3, -0.25) is 9.78 Å². The molecule has 1 amide bonds. The number of pyridine rings is 1. The quantitative estimate of drug-likeness (QED) is 0.846. The first-order valence-electron chi connectivity index (χ1n) is 5.55. The summed E-state index contributed by atoms with van der Waals surface area (Å²) in [5.41, 5.74) is 0.779. The van der Waals surface area contributed by atoms with Gasteiger partial charge in [0.2, 0.25) is 11.0 Å². The lowest BCUT2D eigenvalue weighted by atomic mass is 10.4. The number of aromatic nitrogens is 3. The summed E-state index contributed by atoms with van der Waals surface area (Å²) < 4.78 is 0. The van der Waals surface area contributed by atoms with Crippen LogP contribution >= 0.6 is 11.3 Å². The number of carbonyl (C=O) groups is 1. The summed E-state index contributed by atoms with van der Waals surface area (Å²) in [4.78, 5) is 15.5. The second-order valence-corrected chi connectivity index (χ2v) is 4.41. The molecule has 0 bridgehead atoms. The van der Waals surface area contributed by atoms with Gasteiger partial charge in [-0.2, -0.15) is 0 Å². The molecule has 2 N–H and O–H groups in total. The maximum absolute atomic E-state index is 11.3. The van der Waals surface area contributed by atoms with Crippen molar-refractivity contribution in [1.29, 1.82) is 0 Å². The number of nitrogens with zero attached hydrogens (tertiary/aromatic N) is 3. The third-order valence-electron chi connectivity index (χ3n) is 2.08. The van der Waals surface area contributed by atoms with Crippen molar-refractivity contribution in [3.05, 3.63) is 24.4 Å². The summed E-state index contributed by atoms with van der Waals surface area (Å²) in [7, 11) is 0. The van der Waals surface area contributed by atoms with Gasteiger partial charge in [-0.05, 0) is 19.1 Å². The molecule has 2 aromatic rings. The van der Waals surface area contributed by atoms with Crippen LogP contribution < -0.4 is 10.6 Å². The molecular weight excluding hydrogens is 250 g/mol. The Bertz CT molecular complexity index is 513. The summed E-state index contributed by atoms with van der Waals surface area (Å²) >= 11 is 1.37. The molecule has 94 valence electrons. The number of hydrogen-bond donors (Lipinski definition) is 2. The Morgan fingerprint density at radius 2 is 2.28 bits per heavy atom. The van der Waals surface area contributed by atoms with E-state index in [0.29, 0.717) is 11.7 Å². The molecule has 2 aromatic heterocycles. The zero-order valence-electron chi connectivity index (χ0n) is 9.88. The van der Waals surface area contributed by atoms with E-state index in [1.54, 1.807) is 6.20 Å². The van der Waals surface area contributed by atoms with Crippen LogP contribution in [-0.2, 0) is 4.79 Å². The Labute approximate surface area is 108 Å². The van der Waals surface area contributed by atoms with Gasteiger partial charge >= 0.3 is 0 Å². The molecule has 0 unspecified atom stereocenters. The molecule has 7 heteroatoms. The Morgan fingerprint density at radius 3 is 3.00 bits per heavy atom. The van der Waals surface area contributed by atoms with E-state index in [4.69, 9.17) is 0 Å². The third-order valence-corrected chi connectivity index (χ3v) is 2.99. The molecule has 0 saturated heterocycles. The van der Waals surface area contributed by atoms with E-state index < -0.39 is 0 Å². The van der Waals surface area contributed by atoms with Gasteiger partial charge in [0.1, 0.15) is 5.69 Å². The van der Waals surface area contributed by atoms with Crippen LogP contribution in [0.2, 0.25) is 0 Å². The van der Waals surface area contributed by atoms with Crippen molar-refractivity contribution < 1.29 is 4.79 Å². The van der Waals surface area contributed by atoms with Crippen molar-refractivity contribution in [1.82, 2.24) is 20.5 Å². The summed E-state index contributed by atoms with van der Waals surface area (Å²) in [6, 6.07) is 5.61.